The van der Waals surface area contributed by atoms with Gasteiger partial charge in [0.2, 0.25) is 0 Å². The zero-order valence-corrected chi connectivity index (χ0v) is 12.4. The van der Waals surface area contributed by atoms with Crippen LogP contribution in [0.3, 0.4) is 0 Å². The molecule has 1 aromatic carbocycles. The summed E-state index contributed by atoms with van der Waals surface area (Å²) >= 11 is 0. The molecule has 0 radical (unpaired) electrons. The summed E-state index contributed by atoms with van der Waals surface area (Å²) in [4.78, 5) is 0. The number of ether oxygens (including phenoxy) is 2. The molecule has 0 aliphatic heterocycles. The third-order valence-corrected chi connectivity index (χ3v) is 3.12. The first-order valence-corrected chi connectivity index (χ1v) is 6.82. The van der Waals surface area contributed by atoms with Crippen LogP contribution in [-0.2, 0) is 11.3 Å². The average Bonchev–Trinajstić information content (AvgIpc) is 2.43. The molecule has 2 N–H and O–H groups in total. The van der Waals surface area contributed by atoms with Crippen LogP contribution in [0.4, 0.5) is 4.39 Å². The zero-order valence-electron chi connectivity index (χ0n) is 12.4. The molecule has 0 saturated heterocycles. The van der Waals surface area contributed by atoms with Gasteiger partial charge < -0.3 is 19.9 Å². The molecule has 1 aromatic rings. The molecule has 0 fully saturated rings. The lowest BCUT2D eigenvalue weighted by molar-refractivity contribution is 0.00813. The van der Waals surface area contributed by atoms with E-state index in [4.69, 9.17) is 9.47 Å². The summed E-state index contributed by atoms with van der Waals surface area (Å²) in [5, 5.41) is 13.1. The van der Waals surface area contributed by atoms with Crippen LogP contribution in [0.25, 0.3) is 0 Å². The van der Waals surface area contributed by atoms with Crippen molar-refractivity contribution in [2.24, 2.45) is 0 Å². The lowest BCUT2D eigenvalue weighted by Crippen LogP contribution is -2.31. The van der Waals surface area contributed by atoms with Gasteiger partial charge in [-0.15, -0.1) is 0 Å². The van der Waals surface area contributed by atoms with Crippen molar-refractivity contribution in [1.82, 2.24) is 5.32 Å². The van der Waals surface area contributed by atoms with Gasteiger partial charge in [0.1, 0.15) is 18.2 Å². The monoisotopic (exact) mass is 285 g/mol. The summed E-state index contributed by atoms with van der Waals surface area (Å²) in [7, 11) is 1.63. The molecule has 0 amide bonds. The second-order valence-corrected chi connectivity index (χ2v) is 5.06. The van der Waals surface area contributed by atoms with Crippen LogP contribution >= 0.6 is 0 Å². The fourth-order valence-corrected chi connectivity index (χ4v) is 1.56. The Morgan fingerprint density at radius 3 is 2.80 bits per heavy atom. The second kappa shape index (κ2) is 8.19. The van der Waals surface area contributed by atoms with Crippen LogP contribution in [-0.4, -0.2) is 37.6 Å². The van der Waals surface area contributed by atoms with Crippen LogP contribution in [0.5, 0.6) is 5.75 Å². The van der Waals surface area contributed by atoms with Crippen LogP contribution in [0, 0.1) is 5.82 Å². The lowest BCUT2D eigenvalue weighted by atomic mass is 10.1. The molecule has 0 bridgehead atoms. The number of halogens is 1. The van der Waals surface area contributed by atoms with E-state index in [-0.39, 0.29) is 12.4 Å². The molecule has 20 heavy (non-hydrogen) atoms. The van der Waals surface area contributed by atoms with E-state index in [0.717, 1.165) is 5.56 Å². The van der Waals surface area contributed by atoms with Crippen molar-refractivity contribution < 1.29 is 19.0 Å². The highest BCUT2D eigenvalue weighted by atomic mass is 19.1. The summed E-state index contributed by atoms with van der Waals surface area (Å²) in [6.07, 6.45) is 0.593. The van der Waals surface area contributed by atoms with Crippen molar-refractivity contribution in [1.29, 1.82) is 0 Å². The van der Waals surface area contributed by atoms with Crippen molar-refractivity contribution >= 4 is 0 Å². The topological polar surface area (TPSA) is 50.7 Å². The van der Waals surface area contributed by atoms with Gasteiger partial charge >= 0.3 is 0 Å². The summed E-state index contributed by atoms with van der Waals surface area (Å²) in [6.45, 7) is 5.55. The summed E-state index contributed by atoms with van der Waals surface area (Å²) in [5.74, 6) is 0.285. The first kappa shape index (κ1) is 16.9. The molecular formula is C15H24FNO3. The van der Waals surface area contributed by atoms with E-state index in [1.54, 1.807) is 20.1 Å². The minimum absolute atomic E-state index is 0.181. The number of hydrogen-bond donors (Lipinski definition) is 2. The van der Waals surface area contributed by atoms with Crippen molar-refractivity contribution in [2.45, 2.75) is 32.4 Å². The molecule has 0 saturated carbocycles. The number of rotatable bonds is 9. The van der Waals surface area contributed by atoms with Crippen molar-refractivity contribution in [3.8, 4) is 5.75 Å². The van der Waals surface area contributed by atoms with E-state index in [9.17, 15) is 9.50 Å². The molecule has 1 atom stereocenters. The highest BCUT2D eigenvalue weighted by Gasteiger charge is 2.19. The van der Waals surface area contributed by atoms with E-state index in [0.29, 0.717) is 31.9 Å². The molecule has 5 heteroatoms. The smallest absolute Gasteiger partial charge is 0.124 e. The SMILES string of the molecule is CCC(C)(O)COc1ccc(F)cc1CNCCOC. The third kappa shape index (κ3) is 5.86. The normalized spacial score (nSPS) is 14.1. The first-order chi connectivity index (χ1) is 9.48. The molecular weight excluding hydrogens is 261 g/mol. The van der Waals surface area contributed by atoms with Crippen molar-refractivity contribution in [3.63, 3.8) is 0 Å². The number of aliphatic hydroxyl groups is 1. The highest BCUT2D eigenvalue weighted by molar-refractivity contribution is 5.34. The van der Waals surface area contributed by atoms with E-state index < -0.39 is 5.60 Å². The van der Waals surface area contributed by atoms with Gasteiger partial charge in [-0.05, 0) is 31.5 Å². The molecule has 0 aliphatic rings. The van der Waals surface area contributed by atoms with Gasteiger partial charge in [0.25, 0.3) is 0 Å². The van der Waals surface area contributed by atoms with Crippen LogP contribution in [0.1, 0.15) is 25.8 Å². The van der Waals surface area contributed by atoms with Gasteiger partial charge in [-0.25, -0.2) is 4.39 Å². The Morgan fingerprint density at radius 1 is 1.40 bits per heavy atom. The third-order valence-electron chi connectivity index (χ3n) is 3.12. The number of methoxy groups -OCH3 is 1. The summed E-state index contributed by atoms with van der Waals surface area (Å²) in [5.41, 5.74) is -0.150. The maximum atomic E-state index is 13.3. The average molecular weight is 285 g/mol. The minimum Gasteiger partial charge on any atom is -0.490 e. The summed E-state index contributed by atoms with van der Waals surface area (Å²) in [6, 6.07) is 4.39. The van der Waals surface area contributed by atoms with Crippen LogP contribution in [0.15, 0.2) is 18.2 Å². The first-order valence-electron chi connectivity index (χ1n) is 6.82. The molecule has 0 heterocycles. The Kier molecular flexibility index (Phi) is 6.91. The fraction of sp³-hybridized carbons (Fsp3) is 0.600. The predicted molar refractivity (Wildman–Crippen MR) is 76.4 cm³/mol. The number of hydrogen-bond acceptors (Lipinski definition) is 4. The van der Waals surface area contributed by atoms with Crippen molar-refractivity contribution in [2.75, 3.05) is 26.9 Å². The van der Waals surface area contributed by atoms with Crippen LogP contribution in [0.2, 0.25) is 0 Å². The zero-order chi connectivity index (χ0) is 15.0. The maximum Gasteiger partial charge on any atom is 0.124 e. The van der Waals surface area contributed by atoms with Gasteiger partial charge in [-0.1, -0.05) is 6.92 Å². The maximum absolute atomic E-state index is 13.3. The van der Waals surface area contributed by atoms with Gasteiger partial charge in [0, 0.05) is 25.8 Å². The second-order valence-electron chi connectivity index (χ2n) is 5.06. The Balaban J connectivity index is 2.64. The fourth-order valence-electron chi connectivity index (χ4n) is 1.56. The van der Waals surface area contributed by atoms with E-state index in [1.165, 1.54) is 12.1 Å². The Bertz CT molecular complexity index is 410. The predicted octanol–water partition coefficient (Wildman–Crippen LogP) is 2.10. The van der Waals surface area contributed by atoms with Gasteiger partial charge in [-0.3, -0.25) is 0 Å². The molecule has 0 aliphatic carbocycles. The standard InChI is InChI=1S/C15H24FNO3/c1-4-15(2,18)11-20-14-6-5-13(16)9-12(14)10-17-7-8-19-3/h5-6,9,17-18H,4,7-8,10-11H2,1-3H3. The molecule has 114 valence electrons. The van der Waals surface area contributed by atoms with Crippen molar-refractivity contribution in [3.05, 3.63) is 29.6 Å². The molecule has 0 aromatic heterocycles. The van der Waals surface area contributed by atoms with Gasteiger partial charge in [0.15, 0.2) is 0 Å². The quantitative estimate of drug-likeness (QED) is 0.682. The van der Waals surface area contributed by atoms with Gasteiger partial charge in [0.05, 0.1) is 12.2 Å². The largest absolute Gasteiger partial charge is 0.490 e. The minimum atomic E-state index is -0.880. The molecule has 1 unspecified atom stereocenters. The van der Waals surface area contributed by atoms with Gasteiger partial charge in [-0.2, -0.15) is 0 Å². The number of nitrogens with one attached hydrogen (secondary N) is 1. The molecule has 4 nitrogen and oxygen atoms in total. The Morgan fingerprint density at radius 2 is 2.15 bits per heavy atom. The lowest BCUT2D eigenvalue weighted by Gasteiger charge is -2.22. The number of benzene rings is 1. The summed E-state index contributed by atoms with van der Waals surface area (Å²) < 4.78 is 23.9. The molecule has 0 spiro atoms. The van der Waals surface area contributed by atoms with E-state index in [2.05, 4.69) is 5.32 Å². The van der Waals surface area contributed by atoms with E-state index in [1.807, 2.05) is 6.92 Å². The molecule has 1 rings (SSSR count). The Labute approximate surface area is 119 Å². The Hall–Kier alpha value is -1.17. The van der Waals surface area contributed by atoms with E-state index >= 15 is 0 Å². The highest BCUT2D eigenvalue weighted by Crippen LogP contribution is 2.21. The van der Waals surface area contributed by atoms with Crippen LogP contribution < -0.4 is 10.1 Å².